The van der Waals surface area contributed by atoms with Crippen LogP contribution >= 0.6 is 0 Å². The fourth-order valence-electron chi connectivity index (χ4n) is 2.43. The summed E-state index contributed by atoms with van der Waals surface area (Å²) in [6, 6.07) is 1.36. The van der Waals surface area contributed by atoms with E-state index >= 15 is 0 Å². The molecule has 3 rings (SSSR count). The Morgan fingerprint density at radius 2 is 2.27 bits per heavy atom. The van der Waals surface area contributed by atoms with Gasteiger partial charge in [-0.3, -0.25) is 9.36 Å². The highest BCUT2D eigenvalue weighted by Gasteiger charge is 2.24. The molecule has 0 N–H and O–H groups in total. The van der Waals surface area contributed by atoms with Gasteiger partial charge in [0.25, 0.3) is 5.56 Å². The van der Waals surface area contributed by atoms with Crippen molar-refractivity contribution in [2.75, 3.05) is 24.7 Å². The normalized spacial score (nSPS) is 18.5. The minimum atomic E-state index is -0.607. The molecule has 0 bridgehead atoms. The summed E-state index contributed by atoms with van der Waals surface area (Å²) in [6.45, 7) is 3.73. The average molecular weight is 305 g/mol. The summed E-state index contributed by atoms with van der Waals surface area (Å²) in [4.78, 5) is 26.1. The highest BCUT2D eigenvalue weighted by molar-refractivity contribution is 5.56. The van der Waals surface area contributed by atoms with Crippen molar-refractivity contribution in [2.45, 2.75) is 13.0 Å². The Labute approximate surface area is 126 Å². The number of hydrogen-bond donors (Lipinski definition) is 0. The zero-order chi connectivity index (χ0) is 15.7. The summed E-state index contributed by atoms with van der Waals surface area (Å²) >= 11 is 0. The Morgan fingerprint density at radius 3 is 3.00 bits per heavy atom. The van der Waals surface area contributed by atoms with E-state index in [-0.39, 0.29) is 23.0 Å². The molecule has 1 aliphatic rings. The Balaban J connectivity index is 2.11. The predicted octanol–water partition coefficient (Wildman–Crippen LogP) is 0.601. The van der Waals surface area contributed by atoms with Gasteiger partial charge in [0.1, 0.15) is 17.7 Å². The van der Waals surface area contributed by atoms with Crippen LogP contribution < -0.4 is 10.5 Å². The molecule has 1 atom stereocenters. The minimum absolute atomic E-state index is 0.0230. The van der Waals surface area contributed by atoms with Crippen LogP contribution in [0.5, 0.6) is 0 Å². The fraction of sp³-hybridized carbons (Fsp3) is 0.429. The molecule has 1 fully saturated rings. The first-order valence-corrected chi connectivity index (χ1v) is 6.96. The van der Waals surface area contributed by atoms with Gasteiger partial charge in [-0.05, 0) is 6.92 Å². The summed E-state index contributed by atoms with van der Waals surface area (Å²) in [5.74, 6) is -0.124. The van der Waals surface area contributed by atoms with Gasteiger partial charge in [0.05, 0.1) is 25.5 Å². The molecule has 3 heterocycles. The number of ether oxygens (including phenoxy) is 1. The van der Waals surface area contributed by atoms with Crippen LogP contribution in [0.4, 0.5) is 10.3 Å². The van der Waals surface area contributed by atoms with Crippen molar-refractivity contribution in [1.29, 1.82) is 0 Å². The summed E-state index contributed by atoms with van der Waals surface area (Å²) < 4.78 is 20.7. The van der Waals surface area contributed by atoms with E-state index in [1.807, 2.05) is 11.8 Å². The number of halogens is 1. The number of morpholine rings is 1. The van der Waals surface area contributed by atoms with Gasteiger partial charge < -0.3 is 9.64 Å². The molecule has 1 saturated heterocycles. The first kappa shape index (κ1) is 14.6. The highest BCUT2D eigenvalue weighted by Crippen LogP contribution is 2.21. The molecule has 7 nitrogen and oxygen atoms in total. The zero-order valence-electron chi connectivity index (χ0n) is 12.4. The Hall–Kier alpha value is -2.35. The Morgan fingerprint density at radius 1 is 1.45 bits per heavy atom. The van der Waals surface area contributed by atoms with Gasteiger partial charge in [-0.15, -0.1) is 0 Å². The highest BCUT2D eigenvalue weighted by atomic mass is 19.1. The molecule has 2 aromatic rings. The van der Waals surface area contributed by atoms with Gasteiger partial charge in [-0.2, -0.15) is 0 Å². The van der Waals surface area contributed by atoms with Crippen LogP contribution in [-0.4, -0.2) is 45.3 Å². The maximum atomic E-state index is 13.9. The molecule has 0 amide bonds. The van der Waals surface area contributed by atoms with E-state index in [0.29, 0.717) is 25.7 Å². The molecule has 0 unspecified atom stereocenters. The van der Waals surface area contributed by atoms with E-state index in [1.165, 1.54) is 17.0 Å². The van der Waals surface area contributed by atoms with Crippen molar-refractivity contribution >= 4 is 5.95 Å². The van der Waals surface area contributed by atoms with Crippen molar-refractivity contribution in [3.05, 3.63) is 34.8 Å². The van der Waals surface area contributed by atoms with Crippen LogP contribution in [-0.2, 0) is 11.8 Å². The third-order valence-electron chi connectivity index (χ3n) is 3.65. The van der Waals surface area contributed by atoms with Crippen LogP contribution in [0, 0.1) is 5.82 Å². The topological polar surface area (TPSA) is 73.1 Å². The number of aromatic nitrogens is 4. The van der Waals surface area contributed by atoms with E-state index in [4.69, 9.17) is 4.74 Å². The van der Waals surface area contributed by atoms with Crippen LogP contribution in [0.3, 0.4) is 0 Å². The molecule has 0 spiro atoms. The van der Waals surface area contributed by atoms with Crippen molar-refractivity contribution in [1.82, 2.24) is 19.5 Å². The second-order valence-corrected chi connectivity index (χ2v) is 5.18. The van der Waals surface area contributed by atoms with Crippen molar-refractivity contribution in [2.24, 2.45) is 7.05 Å². The molecule has 1 aliphatic heterocycles. The minimum Gasteiger partial charge on any atom is -0.377 e. The number of hydrogen-bond acceptors (Lipinski definition) is 6. The van der Waals surface area contributed by atoms with Crippen LogP contribution in [0.15, 0.2) is 23.4 Å². The van der Waals surface area contributed by atoms with Gasteiger partial charge >= 0.3 is 0 Å². The summed E-state index contributed by atoms with van der Waals surface area (Å²) in [5.41, 5.74) is -0.0386. The summed E-state index contributed by atoms with van der Waals surface area (Å²) in [6.07, 6.45) is 2.28. The molecule has 22 heavy (non-hydrogen) atoms. The van der Waals surface area contributed by atoms with Gasteiger partial charge in [0.15, 0.2) is 5.82 Å². The number of nitrogens with zero attached hydrogens (tertiary/aromatic N) is 5. The second kappa shape index (κ2) is 5.80. The van der Waals surface area contributed by atoms with Gasteiger partial charge in [0, 0.05) is 19.7 Å². The predicted molar refractivity (Wildman–Crippen MR) is 78.1 cm³/mol. The maximum absolute atomic E-state index is 13.9. The van der Waals surface area contributed by atoms with E-state index in [2.05, 4.69) is 15.0 Å². The van der Waals surface area contributed by atoms with Crippen LogP contribution in [0.25, 0.3) is 11.4 Å². The van der Waals surface area contributed by atoms with E-state index < -0.39 is 5.82 Å². The largest absolute Gasteiger partial charge is 0.377 e. The lowest BCUT2D eigenvalue weighted by Gasteiger charge is -2.34. The molecule has 8 heteroatoms. The second-order valence-electron chi connectivity index (χ2n) is 5.18. The molecule has 2 aromatic heterocycles. The first-order chi connectivity index (χ1) is 10.6. The smallest absolute Gasteiger partial charge is 0.255 e. The van der Waals surface area contributed by atoms with Gasteiger partial charge in [-0.1, -0.05) is 0 Å². The molecule has 0 aliphatic carbocycles. The number of rotatable bonds is 2. The van der Waals surface area contributed by atoms with Crippen LogP contribution in [0.1, 0.15) is 6.92 Å². The van der Waals surface area contributed by atoms with Crippen LogP contribution in [0.2, 0.25) is 0 Å². The van der Waals surface area contributed by atoms with E-state index in [0.717, 1.165) is 6.20 Å². The quantitative estimate of drug-likeness (QED) is 0.809. The lowest BCUT2D eigenvalue weighted by Crippen LogP contribution is -2.46. The molecular weight excluding hydrogens is 289 g/mol. The third kappa shape index (κ3) is 2.57. The zero-order valence-corrected chi connectivity index (χ0v) is 12.4. The molecule has 0 saturated carbocycles. The Kier molecular flexibility index (Phi) is 3.84. The Bertz CT molecular complexity index is 748. The van der Waals surface area contributed by atoms with Gasteiger partial charge in [-0.25, -0.2) is 19.3 Å². The molecular formula is C14H16FN5O2. The van der Waals surface area contributed by atoms with Crippen molar-refractivity contribution < 1.29 is 9.13 Å². The first-order valence-electron chi connectivity index (χ1n) is 6.96. The molecule has 116 valence electrons. The summed E-state index contributed by atoms with van der Waals surface area (Å²) in [5, 5.41) is 0. The number of anilines is 1. The van der Waals surface area contributed by atoms with Crippen molar-refractivity contribution in [3.63, 3.8) is 0 Å². The molecule has 0 radical (unpaired) electrons. The lowest BCUT2D eigenvalue weighted by atomic mass is 10.2. The lowest BCUT2D eigenvalue weighted by molar-refractivity contribution is 0.0976. The SMILES string of the molecule is C[C@@H]1COCCN1c1nc(-c2ncncc2F)cc(=O)n1C. The third-order valence-corrected chi connectivity index (χ3v) is 3.65. The van der Waals surface area contributed by atoms with E-state index in [9.17, 15) is 9.18 Å². The average Bonchev–Trinajstić information content (AvgIpc) is 2.51. The van der Waals surface area contributed by atoms with Gasteiger partial charge in [0.2, 0.25) is 5.95 Å². The molecule has 0 aromatic carbocycles. The standard InChI is InChI=1S/C14H16FN5O2/c1-9-7-22-4-3-20(9)14-18-11(5-12(21)19(14)2)13-10(15)6-16-8-17-13/h5-6,8-9H,3-4,7H2,1-2H3/t9-/m1/s1. The monoisotopic (exact) mass is 305 g/mol. The van der Waals surface area contributed by atoms with Crippen molar-refractivity contribution in [3.8, 4) is 11.4 Å². The summed E-state index contributed by atoms with van der Waals surface area (Å²) in [7, 11) is 1.65. The maximum Gasteiger partial charge on any atom is 0.255 e. The van der Waals surface area contributed by atoms with E-state index in [1.54, 1.807) is 7.05 Å². The fourth-order valence-corrected chi connectivity index (χ4v) is 2.43.